The van der Waals surface area contributed by atoms with Gasteiger partial charge < -0.3 is 14.8 Å². The molecule has 1 aromatic heterocycles. The first-order valence-electron chi connectivity index (χ1n) is 7.34. The average molecular weight is 374 g/mol. The molecular weight excluding hydrogens is 358 g/mol. The van der Waals surface area contributed by atoms with Crippen molar-refractivity contribution in [2.75, 3.05) is 6.61 Å². The summed E-state index contributed by atoms with van der Waals surface area (Å²) in [6.07, 6.45) is -0.0494. The van der Waals surface area contributed by atoms with Crippen LogP contribution in [0.5, 0.6) is 5.75 Å². The van der Waals surface area contributed by atoms with Crippen LogP contribution < -0.4 is 4.74 Å². The van der Waals surface area contributed by atoms with E-state index in [2.05, 4.69) is 20.9 Å². The molecule has 0 bridgehead atoms. The zero-order valence-corrected chi connectivity index (χ0v) is 14.2. The molecule has 0 amide bonds. The van der Waals surface area contributed by atoms with Gasteiger partial charge in [0.25, 0.3) is 0 Å². The van der Waals surface area contributed by atoms with Gasteiger partial charge in [0.15, 0.2) is 0 Å². The third kappa shape index (κ3) is 3.10. The van der Waals surface area contributed by atoms with Crippen LogP contribution >= 0.6 is 15.9 Å². The molecule has 2 aromatic carbocycles. The molecule has 0 unspecified atom stereocenters. The Kier molecular flexibility index (Phi) is 4.39. The Morgan fingerprint density at radius 1 is 1.26 bits per heavy atom. The van der Waals surface area contributed by atoms with E-state index in [0.717, 1.165) is 37.9 Å². The topological polar surface area (TPSA) is 62.3 Å². The zero-order chi connectivity index (χ0) is 16.4. The quantitative estimate of drug-likeness (QED) is 0.685. The molecule has 0 aliphatic carbocycles. The van der Waals surface area contributed by atoms with E-state index in [4.69, 9.17) is 4.74 Å². The lowest BCUT2D eigenvalue weighted by atomic mass is 10.0. The second kappa shape index (κ2) is 6.46. The van der Waals surface area contributed by atoms with Gasteiger partial charge in [0.1, 0.15) is 5.75 Å². The van der Waals surface area contributed by atoms with Crippen molar-refractivity contribution in [1.29, 1.82) is 0 Å². The number of aromatic nitrogens is 1. The van der Waals surface area contributed by atoms with E-state index >= 15 is 0 Å². The SMILES string of the molecule is CCOc1ccc2[nH]c(-c3ccccc3Br)c(CC(=O)O)c2c1. The van der Waals surface area contributed by atoms with Gasteiger partial charge in [0, 0.05) is 20.9 Å². The van der Waals surface area contributed by atoms with E-state index in [-0.39, 0.29) is 6.42 Å². The minimum atomic E-state index is -0.860. The number of hydrogen-bond acceptors (Lipinski definition) is 2. The van der Waals surface area contributed by atoms with Crippen molar-refractivity contribution in [1.82, 2.24) is 4.98 Å². The number of carboxylic acid groups (broad SMARTS) is 1. The van der Waals surface area contributed by atoms with Gasteiger partial charge in [0.2, 0.25) is 0 Å². The molecule has 0 aliphatic heterocycles. The Balaban J connectivity index is 2.24. The molecular formula is C18H16BrNO3. The van der Waals surface area contributed by atoms with Crippen LogP contribution in [0.15, 0.2) is 46.9 Å². The lowest BCUT2D eigenvalue weighted by Crippen LogP contribution is -2.01. The van der Waals surface area contributed by atoms with Crippen molar-refractivity contribution in [3.63, 3.8) is 0 Å². The average Bonchev–Trinajstić information content (AvgIpc) is 2.86. The summed E-state index contributed by atoms with van der Waals surface area (Å²) in [6.45, 7) is 2.49. The molecule has 118 valence electrons. The number of rotatable bonds is 5. The first kappa shape index (κ1) is 15.6. The summed E-state index contributed by atoms with van der Waals surface area (Å²) in [6, 6.07) is 13.5. The van der Waals surface area contributed by atoms with E-state index in [9.17, 15) is 9.90 Å². The van der Waals surface area contributed by atoms with Gasteiger partial charge in [-0.3, -0.25) is 4.79 Å². The highest BCUT2D eigenvalue weighted by Gasteiger charge is 2.17. The van der Waals surface area contributed by atoms with E-state index in [0.29, 0.717) is 6.61 Å². The van der Waals surface area contributed by atoms with Crippen LogP contribution in [-0.2, 0) is 11.2 Å². The molecule has 2 N–H and O–H groups in total. The molecule has 0 spiro atoms. The third-order valence-electron chi connectivity index (χ3n) is 3.66. The van der Waals surface area contributed by atoms with Crippen LogP contribution in [0.4, 0.5) is 0 Å². The zero-order valence-electron chi connectivity index (χ0n) is 12.6. The lowest BCUT2D eigenvalue weighted by Gasteiger charge is -2.06. The Bertz CT molecular complexity index is 870. The molecule has 0 saturated heterocycles. The van der Waals surface area contributed by atoms with Gasteiger partial charge >= 0.3 is 5.97 Å². The van der Waals surface area contributed by atoms with Crippen LogP contribution in [0.25, 0.3) is 22.2 Å². The Morgan fingerprint density at radius 2 is 2.04 bits per heavy atom. The van der Waals surface area contributed by atoms with Crippen molar-refractivity contribution in [3.8, 4) is 17.0 Å². The van der Waals surface area contributed by atoms with Crippen molar-refractivity contribution in [2.45, 2.75) is 13.3 Å². The van der Waals surface area contributed by atoms with Gasteiger partial charge in [-0.1, -0.05) is 34.1 Å². The minimum Gasteiger partial charge on any atom is -0.494 e. The maximum Gasteiger partial charge on any atom is 0.307 e. The van der Waals surface area contributed by atoms with E-state index < -0.39 is 5.97 Å². The second-order valence-electron chi connectivity index (χ2n) is 5.17. The smallest absolute Gasteiger partial charge is 0.307 e. The number of fused-ring (bicyclic) bond motifs is 1. The highest BCUT2D eigenvalue weighted by molar-refractivity contribution is 9.10. The number of H-pyrrole nitrogens is 1. The molecule has 0 radical (unpaired) electrons. The molecule has 0 aliphatic rings. The van der Waals surface area contributed by atoms with Gasteiger partial charge in [-0.05, 0) is 36.8 Å². The summed E-state index contributed by atoms with van der Waals surface area (Å²) >= 11 is 3.54. The number of carbonyl (C=O) groups is 1. The molecule has 0 atom stereocenters. The summed E-state index contributed by atoms with van der Waals surface area (Å²) in [5.74, 6) is -0.120. The summed E-state index contributed by atoms with van der Waals surface area (Å²) in [7, 11) is 0. The fourth-order valence-corrected chi connectivity index (χ4v) is 3.19. The molecule has 3 aromatic rings. The predicted octanol–water partition coefficient (Wildman–Crippen LogP) is 4.62. The van der Waals surface area contributed by atoms with E-state index in [1.54, 1.807) is 0 Å². The van der Waals surface area contributed by atoms with Crippen LogP contribution in [0.1, 0.15) is 12.5 Å². The van der Waals surface area contributed by atoms with Crippen LogP contribution in [-0.4, -0.2) is 22.7 Å². The molecule has 5 heteroatoms. The first-order valence-corrected chi connectivity index (χ1v) is 8.13. The van der Waals surface area contributed by atoms with Crippen molar-refractivity contribution in [2.24, 2.45) is 0 Å². The second-order valence-corrected chi connectivity index (χ2v) is 6.02. The van der Waals surface area contributed by atoms with Gasteiger partial charge in [-0.2, -0.15) is 0 Å². The summed E-state index contributed by atoms with van der Waals surface area (Å²) in [4.78, 5) is 14.7. The number of benzene rings is 2. The fraction of sp³-hybridized carbons (Fsp3) is 0.167. The maximum absolute atomic E-state index is 11.3. The van der Waals surface area contributed by atoms with Crippen LogP contribution in [0, 0.1) is 0 Å². The van der Waals surface area contributed by atoms with Gasteiger partial charge in [0.05, 0.1) is 18.7 Å². The van der Waals surface area contributed by atoms with Crippen molar-refractivity contribution in [3.05, 3.63) is 52.5 Å². The molecule has 4 nitrogen and oxygen atoms in total. The summed E-state index contributed by atoms with van der Waals surface area (Å²) in [5.41, 5.74) is 3.43. The highest BCUT2D eigenvalue weighted by Crippen LogP contribution is 2.36. The lowest BCUT2D eigenvalue weighted by molar-refractivity contribution is -0.136. The molecule has 0 saturated carbocycles. The first-order chi connectivity index (χ1) is 11.1. The monoisotopic (exact) mass is 373 g/mol. The van der Waals surface area contributed by atoms with Crippen molar-refractivity contribution < 1.29 is 14.6 Å². The van der Waals surface area contributed by atoms with Gasteiger partial charge in [-0.25, -0.2) is 0 Å². The Hall–Kier alpha value is -2.27. The fourth-order valence-electron chi connectivity index (χ4n) is 2.71. The number of carboxylic acids is 1. The molecule has 3 rings (SSSR count). The highest BCUT2D eigenvalue weighted by atomic mass is 79.9. The number of aromatic amines is 1. The van der Waals surface area contributed by atoms with Crippen LogP contribution in [0.3, 0.4) is 0 Å². The standard InChI is InChI=1S/C18H16BrNO3/c1-2-23-11-7-8-16-13(9-11)14(10-17(21)22)18(20-16)12-5-3-4-6-15(12)19/h3-9,20H,2,10H2,1H3,(H,21,22). The molecule has 1 heterocycles. The van der Waals surface area contributed by atoms with E-state index in [1.807, 2.05) is 49.4 Å². The van der Waals surface area contributed by atoms with Gasteiger partial charge in [-0.15, -0.1) is 0 Å². The molecule has 0 fully saturated rings. The number of nitrogens with one attached hydrogen (secondary N) is 1. The largest absolute Gasteiger partial charge is 0.494 e. The molecule has 23 heavy (non-hydrogen) atoms. The van der Waals surface area contributed by atoms with E-state index in [1.165, 1.54) is 0 Å². The normalized spacial score (nSPS) is 10.9. The summed E-state index contributed by atoms with van der Waals surface area (Å²) < 4.78 is 6.46. The summed E-state index contributed by atoms with van der Waals surface area (Å²) in [5, 5.41) is 10.2. The Morgan fingerprint density at radius 3 is 2.74 bits per heavy atom. The Labute approximate surface area is 142 Å². The number of hydrogen-bond donors (Lipinski definition) is 2. The number of aliphatic carboxylic acids is 1. The van der Waals surface area contributed by atoms with Crippen LogP contribution in [0.2, 0.25) is 0 Å². The van der Waals surface area contributed by atoms with Crippen molar-refractivity contribution >= 4 is 32.8 Å². The number of halogens is 1. The predicted molar refractivity (Wildman–Crippen MR) is 93.9 cm³/mol. The third-order valence-corrected chi connectivity index (χ3v) is 4.35. The maximum atomic E-state index is 11.3. The minimum absolute atomic E-state index is 0.0494. The number of ether oxygens (including phenoxy) is 1.